The lowest BCUT2D eigenvalue weighted by molar-refractivity contribution is -0.386. The van der Waals surface area contributed by atoms with Gasteiger partial charge in [-0.15, -0.1) is 0 Å². The Morgan fingerprint density at radius 3 is 2.48 bits per heavy atom. The number of benzene rings is 2. The number of nitro benzene ring substituents is 1. The Morgan fingerprint density at radius 1 is 1.24 bits per heavy atom. The van der Waals surface area contributed by atoms with E-state index in [9.17, 15) is 14.9 Å². The van der Waals surface area contributed by atoms with Crippen molar-refractivity contribution < 1.29 is 19.6 Å². The fraction of sp³-hybridized carbons (Fsp3) is 0.0714. The summed E-state index contributed by atoms with van der Waals surface area (Å²) in [6.07, 6.45) is 0. The van der Waals surface area contributed by atoms with E-state index >= 15 is 0 Å². The maximum absolute atomic E-state index is 11.0. The molecule has 21 heavy (non-hydrogen) atoms. The number of para-hydroxylation sites is 1. The summed E-state index contributed by atoms with van der Waals surface area (Å²) in [5.41, 5.74) is -0.206. The average molecular weight is 308 g/mol. The molecular weight excluding hydrogens is 298 g/mol. The molecule has 0 spiro atoms. The summed E-state index contributed by atoms with van der Waals surface area (Å²) in [4.78, 5) is 21.3. The normalized spacial score (nSPS) is 10.1. The molecule has 2 aromatic rings. The molecule has 0 saturated heterocycles. The molecule has 0 saturated carbocycles. The van der Waals surface area contributed by atoms with Crippen molar-refractivity contribution in [3.63, 3.8) is 0 Å². The van der Waals surface area contributed by atoms with Gasteiger partial charge in [-0.2, -0.15) is 0 Å². The summed E-state index contributed by atoms with van der Waals surface area (Å²) in [5.74, 6) is -1.46. The number of hydrogen-bond donors (Lipinski definition) is 1. The van der Waals surface area contributed by atoms with Crippen LogP contribution in [0.5, 0.6) is 5.75 Å². The number of hydrogen-bond acceptors (Lipinski definition) is 4. The smallest absolute Gasteiger partial charge is 0.342 e. The second-order valence-corrected chi connectivity index (χ2v) is 4.57. The topological polar surface area (TPSA) is 89.7 Å². The highest BCUT2D eigenvalue weighted by Crippen LogP contribution is 2.31. The molecule has 7 heteroatoms. The van der Waals surface area contributed by atoms with Gasteiger partial charge in [0.05, 0.1) is 4.92 Å². The number of nitrogens with zero attached hydrogens (tertiary/aromatic N) is 1. The molecular formula is C14H10ClNO5. The van der Waals surface area contributed by atoms with Gasteiger partial charge in [0.2, 0.25) is 0 Å². The van der Waals surface area contributed by atoms with E-state index in [-0.39, 0.29) is 12.4 Å². The molecule has 1 N–H and O–H groups in total. The highest BCUT2D eigenvalue weighted by molar-refractivity contribution is 6.30. The van der Waals surface area contributed by atoms with E-state index in [4.69, 9.17) is 21.4 Å². The van der Waals surface area contributed by atoms with Gasteiger partial charge < -0.3 is 9.84 Å². The van der Waals surface area contributed by atoms with E-state index in [0.717, 1.165) is 11.6 Å². The minimum absolute atomic E-state index is 0.0705. The Bertz CT molecular complexity index is 684. The lowest BCUT2D eigenvalue weighted by Crippen LogP contribution is -2.05. The van der Waals surface area contributed by atoms with E-state index in [0.29, 0.717) is 5.02 Å². The van der Waals surface area contributed by atoms with Crippen LogP contribution < -0.4 is 4.74 Å². The van der Waals surface area contributed by atoms with E-state index < -0.39 is 22.1 Å². The molecule has 0 aromatic heterocycles. The van der Waals surface area contributed by atoms with Crippen LogP contribution in [0.1, 0.15) is 15.9 Å². The van der Waals surface area contributed by atoms with Gasteiger partial charge in [0.25, 0.3) is 0 Å². The van der Waals surface area contributed by atoms with Crippen molar-refractivity contribution in [2.45, 2.75) is 6.61 Å². The van der Waals surface area contributed by atoms with Crippen LogP contribution in [0.25, 0.3) is 0 Å². The van der Waals surface area contributed by atoms with Crippen LogP contribution in [0, 0.1) is 10.1 Å². The van der Waals surface area contributed by atoms with Crippen LogP contribution in [-0.4, -0.2) is 16.0 Å². The maximum Gasteiger partial charge on any atom is 0.342 e. The molecule has 0 aliphatic carbocycles. The third kappa shape index (κ3) is 3.49. The molecule has 0 bridgehead atoms. The maximum atomic E-state index is 11.0. The van der Waals surface area contributed by atoms with Crippen LogP contribution in [0.4, 0.5) is 5.69 Å². The third-order valence-corrected chi connectivity index (χ3v) is 2.97. The van der Waals surface area contributed by atoms with E-state index in [2.05, 4.69) is 0 Å². The Morgan fingerprint density at radius 2 is 1.90 bits per heavy atom. The molecule has 6 nitrogen and oxygen atoms in total. The van der Waals surface area contributed by atoms with Crippen molar-refractivity contribution in [2.24, 2.45) is 0 Å². The fourth-order valence-electron chi connectivity index (χ4n) is 1.74. The fourth-order valence-corrected chi connectivity index (χ4v) is 1.87. The second-order valence-electron chi connectivity index (χ2n) is 4.13. The number of halogens is 1. The summed E-state index contributed by atoms with van der Waals surface area (Å²) in [5, 5.41) is 20.6. The standard InChI is InChI=1S/C14H10ClNO5/c15-10-6-4-9(5-7-10)8-21-12-3-1-2-11(14(17)18)13(12)16(19)20/h1-7H,8H2,(H,17,18). The summed E-state index contributed by atoms with van der Waals surface area (Å²) >= 11 is 5.76. The molecule has 0 aliphatic rings. The predicted octanol–water partition coefficient (Wildman–Crippen LogP) is 3.53. The number of aromatic carboxylic acids is 1. The number of carbonyl (C=O) groups is 1. The minimum atomic E-state index is -1.38. The van der Waals surface area contributed by atoms with Gasteiger partial charge in [0.1, 0.15) is 12.2 Å². The first kappa shape index (κ1) is 14.8. The van der Waals surface area contributed by atoms with Crippen molar-refractivity contribution in [1.29, 1.82) is 0 Å². The average Bonchev–Trinajstić information content (AvgIpc) is 2.46. The zero-order valence-electron chi connectivity index (χ0n) is 10.7. The lowest BCUT2D eigenvalue weighted by atomic mass is 10.1. The number of carboxylic acids is 1. The molecule has 0 atom stereocenters. The quantitative estimate of drug-likeness (QED) is 0.674. The zero-order valence-corrected chi connectivity index (χ0v) is 11.4. The van der Waals surface area contributed by atoms with E-state index in [1.165, 1.54) is 12.1 Å². The molecule has 108 valence electrons. The molecule has 2 aromatic carbocycles. The van der Waals surface area contributed by atoms with E-state index in [1.54, 1.807) is 24.3 Å². The van der Waals surface area contributed by atoms with Gasteiger partial charge in [0.15, 0.2) is 5.75 Å². The number of nitro groups is 1. The minimum Gasteiger partial charge on any atom is -0.482 e. The van der Waals surface area contributed by atoms with Crippen molar-refractivity contribution in [1.82, 2.24) is 0 Å². The van der Waals surface area contributed by atoms with Gasteiger partial charge >= 0.3 is 11.7 Å². The van der Waals surface area contributed by atoms with Crippen molar-refractivity contribution in [3.8, 4) is 5.75 Å². The van der Waals surface area contributed by atoms with Crippen LogP contribution in [-0.2, 0) is 6.61 Å². The first-order valence-electron chi connectivity index (χ1n) is 5.87. The van der Waals surface area contributed by atoms with Crippen molar-refractivity contribution >= 4 is 23.3 Å². The Balaban J connectivity index is 2.27. The number of ether oxygens (including phenoxy) is 1. The van der Waals surface area contributed by atoms with Crippen molar-refractivity contribution in [2.75, 3.05) is 0 Å². The van der Waals surface area contributed by atoms with Crippen LogP contribution in [0.2, 0.25) is 5.02 Å². The largest absolute Gasteiger partial charge is 0.482 e. The van der Waals surface area contributed by atoms with Crippen LogP contribution in [0.15, 0.2) is 42.5 Å². The third-order valence-electron chi connectivity index (χ3n) is 2.72. The SMILES string of the molecule is O=C(O)c1cccc(OCc2ccc(Cl)cc2)c1[N+](=O)[O-]. The monoisotopic (exact) mass is 307 g/mol. The highest BCUT2D eigenvalue weighted by atomic mass is 35.5. The summed E-state index contributed by atoms with van der Waals surface area (Å²) < 4.78 is 5.37. The van der Waals surface area contributed by atoms with Gasteiger partial charge in [-0.05, 0) is 29.8 Å². The summed E-state index contributed by atoms with van der Waals surface area (Å²) in [7, 11) is 0. The summed E-state index contributed by atoms with van der Waals surface area (Å²) in [6, 6.07) is 10.7. The lowest BCUT2D eigenvalue weighted by Gasteiger charge is -2.08. The Kier molecular flexibility index (Phi) is 4.39. The van der Waals surface area contributed by atoms with Gasteiger partial charge in [-0.3, -0.25) is 10.1 Å². The van der Waals surface area contributed by atoms with E-state index in [1.807, 2.05) is 0 Å². The van der Waals surface area contributed by atoms with Gasteiger partial charge in [0, 0.05) is 5.02 Å². The molecule has 0 heterocycles. The molecule has 2 rings (SSSR count). The first-order chi connectivity index (χ1) is 9.99. The van der Waals surface area contributed by atoms with Gasteiger partial charge in [-0.1, -0.05) is 29.8 Å². The first-order valence-corrected chi connectivity index (χ1v) is 6.25. The predicted molar refractivity (Wildman–Crippen MR) is 75.8 cm³/mol. The second kappa shape index (κ2) is 6.23. The summed E-state index contributed by atoms with van der Waals surface area (Å²) in [6.45, 7) is 0.0705. The Hall–Kier alpha value is -2.60. The molecule has 0 unspecified atom stereocenters. The molecule has 0 aliphatic heterocycles. The van der Waals surface area contributed by atoms with Crippen LogP contribution >= 0.6 is 11.6 Å². The van der Waals surface area contributed by atoms with Gasteiger partial charge in [-0.25, -0.2) is 4.79 Å². The van der Waals surface area contributed by atoms with Crippen molar-refractivity contribution in [3.05, 3.63) is 68.7 Å². The number of carboxylic acid groups (broad SMARTS) is 1. The highest BCUT2D eigenvalue weighted by Gasteiger charge is 2.25. The molecule has 0 radical (unpaired) electrons. The molecule has 0 amide bonds. The van der Waals surface area contributed by atoms with Crippen LogP contribution in [0.3, 0.4) is 0 Å². The zero-order chi connectivity index (χ0) is 15.4. The Labute approximate surface area is 124 Å². The molecule has 0 fully saturated rings. The number of rotatable bonds is 5.